The average molecular weight is 235 g/mol. The average Bonchev–Trinajstić information content (AvgIpc) is 2.40. The minimum absolute atomic E-state index is 0.211. The van der Waals surface area contributed by atoms with Gasteiger partial charge in [-0.05, 0) is 12.1 Å². The Morgan fingerprint density at radius 3 is 2.17 bits per heavy atom. The lowest BCUT2D eigenvalue weighted by Gasteiger charge is -2.30. The van der Waals surface area contributed by atoms with E-state index >= 15 is 0 Å². The zero-order valence-electron chi connectivity index (χ0n) is 11.6. The fraction of sp³-hybridized carbons (Fsp3) is 0.267. The fourth-order valence-corrected chi connectivity index (χ4v) is 1.94. The Hall–Kier alpha value is -1.50. The highest BCUT2D eigenvalue weighted by Crippen LogP contribution is 2.27. The van der Waals surface area contributed by atoms with E-state index in [9.17, 15) is 0 Å². The Balaban J connectivity index is 2.32. The monoisotopic (exact) mass is 235 g/mol. The van der Waals surface area contributed by atoms with E-state index in [-0.39, 0.29) is 5.21 Å². The maximum atomic E-state index is 4.38. The first kappa shape index (κ1) is 12.9. The van der Waals surface area contributed by atoms with Crippen LogP contribution in [0, 0.1) is 5.92 Å². The van der Waals surface area contributed by atoms with E-state index < -0.39 is 0 Å². The zero-order valence-corrected chi connectivity index (χ0v) is 11.6. The van der Waals surface area contributed by atoms with E-state index in [0.29, 0.717) is 5.92 Å². The van der Waals surface area contributed by atoms with Crippen LogP contribution in [0.5, 0.6) is 0 Å². The molecule has 0 aliphatic rings. The molecule has 1 aromatic heterocycles. The van der Waals surface area contributed by atoms with Gasteiger partial charge in [0.1, 0.15) is 15.7 Å². The molecule has 0 amide bonds. The molecule has 0 saturated heterocycles. The third-order valence-electron chi connectivity index (χ3n) is 4.03. The molecular weight excluding hydrogens is 216 g/mol. The van der Waals surface area contributed by atoms with E-state index in [1.165, 1.54) is 11.1 Å². The van der Waals surface area contributed by atoms with E-state index in [2.05, 4.69) is 58.8 Å². The lowest BCUT2D eigenvalue weighted by molar-refractivity contribution is 0.570. The molecule has 90 valence electrons. The van der Waals surface area contributed by atoms with Crippen LogP contribution in [0.4, 0.5) is 0 Å². The number of hydrogen-bond donors (Lipinski definition) is 0. The van der Waals surface area contributed by atoms with Crippen molar-refractivity contribution in [3.63, 3.8) is 0 Å². The number of rotatable bonds is 3. The van der Waals surface area contributed by atoms with Crippen molar-refractivity contribution in [2.24, 2.45) is 5.92 Å². The number of aromatic nitrogens is 1. The second-order valence-electron chi connectivity index (χ2n) is 5.67. The van der Waals surface area contributed by atoms with Crippen LogP contribution in [0.2, 0.25) is 0 Å². The van der Waals surface area contributed by atoms with Crippen molar-refractivity contribution < 1.29 is 0 Å². The first-order valence-corrected chi connectivity index (χ1v) is 6.54. The Kier molecular flexibility index (Phi) is 3.60. The van der Waals surface area contributed by atoms with Crippen molar-refractivity contribution in [2.75, 3.05) is 0 Å². The van der Waals surface area contributed by atoms with Crippen LogP contribution in [-0.2, 0) is 5.21 Å². The van der Waals surface area contributed by atoms with E-state index in [4.69, 9.17) is 0 Å². The van der Waals surface area contributed by atoms with Crippen LogP contribution >= 0.6 is 0 Å². The van der Waals surface area contributed by atoms with Gasteiger partial charge in [0.05, 0.1) is 5.69 Å². The molecule has 0 aliphatic carbocycles. The molecule has 0 fully saturated rings. The van der Waals surface area contributed by atoms with Crippen molar-refractivity contribution in [3.05, 3.63) is 54.2 Å². The Morgan fingerprint density at radius 2 is 1.67 bits per heavy atom. The van der Waals surface area contributed by atoms with Gasteiger partial charge in [0, 0.05) is 11.8 Å². The molecule has 0 bridgehead atoms. The Labute approximate surface area is 111 Å². The van der Waals surface area contributed by atoms with Gasteiger partial charge < -0.3 is 0 Å². The Morgan fingerprint density at radius 1 is 1.00 bits per heavy atom. The molecule has 0 aliphatic heterocycles. The first-order valence-electron chi connectivity index (χ1n) is 6.54. The molecule has 1 heterocycles. The second kappa shape index (κ2) is 5.01. The normalized spacial score (nSPS) is 11.7. The van der Waals surface area contributed by atoms with Crippen molar-refractivity contribution in [1.29, 1.82) is 0 Å². The summed E-state index contributed by atoms with van der Waals surface area (Å²) < 4.78 is 0. The summed E-state index contributed by atoms with van der Waals surface area (Å²) in [6, 6.07) is 14.8. The van der Waals surface area contributed by atoms with Crippen LogP contribution in [0.1, 0.15) is 19.4 Å². The summed E-state index contributed by atoms with van der Waals surface area (Å²) in [7, 11) is 4.60. The number of nitrogens with zero attached hydrogens (tertiary/aromatic N) is 1. The highest BCUT2D eigenvalue weighted by molar-refractivity contribution is 6.40. The van der Waals surface area contributed by atoms with Gasteiger partial charge in [-0.1, -0.05) is 60.9 Å². The first-order chi connectivity index (χ1) is 8.51. The lowest BCUT2D eigenvalue weighted by atomic mass is 9.46. The smallest absolute Gasteiger partial charge is 0.105 e. The maximum Gasteiger partial charge on any atom is 0.105 e. The third kappa shape index (κ3) is 2.50. The SMILES string of the molecule is BC(B)(c1ccc(-c2ccccn2)cc1)C(C)C. The number of benzene rings is 1. The minimum Gasteiger partial charge on any atom is -0.256 e. The van der Waals surface area contributed by atoms with Crippen molar-refractivity contribution in [3.8, 4) is 11.3 Å². The molecule has 1 aromatic carbocycles. The van der Waals surface area contributed by atoms with E-state index in [1.807, 2.05) is 24.4 Å². The summed E-state index contributed by atoms with van der Waals surface area (Å²) in [4.78, 5) is 4.38. The van der Waals surface area contributed by atoms with Gasteiger partial charge in [0.25, 0.3) is 0 Å². The molecule has 3 heteroatoms. The summed E-state index contributed by atoms with van der Waals surface area (Å²) >= 11 is 0. The molecular formula is C15H19B2N. The van der Waals surface area contributed by atoms with Crippen LogP contribution in [-0.4, -0.2) is 20.7 Å². The third-order valence-corrected chi connectivity index (χ3v) is 4.03. The predicted octanol–water partition coefficient (Wildman–Crippen LogP) is 1.82. The highest BCUT2D eigenvalue weighted by Gasteiger charge is 2.24. The molecule has 0 spiro atoms. The van der Waals surface area contributed by atoms with Crippen molar-refractivity contribution in [2.45, 2.75) is 19.1 Å². The maximum absolute atomic E-state index is 4.38. The molecule has 2 aromatic rings. The molecule has 2 rings (SSSR count). The van der Waals surface area contributed by atoms with Gasteiger partial charge in [-0.3, -0.25) is 4.98 Å². The van der Waals surface area contributed by atoms with Gasteiger partial charge in [-0.15, -0.1) is 0 Å². The molecule has 0 N–H and O–H groups in total. The largest absolute Gasteiger partial charge is 0.256 e. The second-order valence-corrected chi connectivity index (χ2v) is 5.67. The van der Waals surface area contributed by atoms with Crippen molar-refractivity contribution >= 4 is 15.7 Å². The molecule has 0 saturated carbocycles. The van der Waals surface area contributed by atoms with Gasteiger partial charge in [-0.2, -0.15) is 0 Å². The fourth-order valence-electron chi connectivity index (χ4n) is 1.94. The van der Waals surface area contributed by atoms with Crippen LogP contribution in [0.15, 0.2) is 48.7 Å². The predicted molar refractivity (Wildman–Crippen MR) is 83.3 cm³/mol. The van der Waals surface area contributed by atoms with Gasteiger partial charge >= 0.3 is 0 Å². The molecule has 0 unspecified atom stereocenters. The zero-order chi connectivity index (χ0) is 13.2. The number of hydrogen-bond acceptors (Lipinski definition) is 1. The van der Waals surface area contributed by atoms with Crippen molar-refractivity contribution in [1.82, 2.24) is 4.98 Å². The van der Waals surface area contributed by atoms with Gasteiger partial charge in [0.2, 0.25) is 0 Å². The van der Waals surface area contributed by atoms with E-state index in [1.54, 1.807) is 0 Å². The minimum atomic E-state index is 0.211. The van der Waals surface area contributed by atoms with Gasteiger partial charge in [0.15, 0.2) is 0 Å². The molecule has 0 atom stereocenters. The van der Waals surface area contributed by atoms with Gasteiger partial charge in [-0.25, -0.2) is 0 Å². The lowest BCUT2D eigenvalue weighted by Crippen LogP contribution is -2.33. The summed E-state index contributed by atoms with van der Waals surface area (Å²) in [6.07, 6.45) is 1.83. The Bertz CT molecular complexity index is 504. The molecule has 0 radical (unpaired) electrons. The topological polar surface area (TPSA) is 12.9 Å². The molecule has 18 heavy (non-hydrogen) atoms. The molecule has 1 nitrogen and oxygen atoms in total. The quantitative estimate of drug-likeness (QED) is 0.739. The summed E-state index contributed by atoms with van der Waals surface area (Å²) in [6.45, 7) is 4.54. The van der Waals surface area contributed by atoms with Crippen LogP contribution < -0.4 is 0 Å². The summed E-state index contributed by atoms with van der Waals surface area (Å²) in [5.74, 6) is 0.623. The standard InChI is InChI=1S/C15H19B2N/c1-11(2)15(16,17)13-8-6-12(7-9-13)14-5-3-4-10-18-14/h3-11H,16-17H2,1-2H3. The highest BCUT2D eigenvalue weighted by atomic mass is 14.7. The van der Waals surface area contributed by atoms with Crippen LogP contribution in [0.3, 0.4) is 0 Å². The summed E-state index contributed by atoms with van der Waals surface area (Å²) in [5, 5.41) is 0.211. The summed E-state index contributed by atoms with van der Waals surface area (Å²) in [5.41, 5.74) is 3.60. The van der Waals surface area contributed by atoms with Crippen LogP contribution in [0.25, 0.3) is 11.3 Å². The number of pyridine rings is 1. The van der Waals surface area contributed by atoms with E-state index in [0.717, 1.165) is 5.69 Å².